The highest BCUT2D eigenvalue weighted by atomic mass is 32.2. The molecule has 138 valence electrons. The highest BCUT2D eigenvalue weighted by Crippen LogP contribution is 2.23. The van der Waals surface area contributed by atoms with Gasteiger partial charge in [0.15, 0.2) is 0 Å². The number of fused-ring (bicyclic) bond motifs is 1. The highest BCUT2D eigenvalue weighted by Gasteiger charge is 2.21. The van der Waals surface area contributed by atoms with E-state index in [4.69, 9.17) is 4.74 Å². The molecule has 0 unspecified atom stereocenters. The van der Waals surface area contributed by atoms with Crippen molar-refractivity contribution in [2.75, 3.05) is 19.4 Å². The Morgan fingerprint density at radius 3 is 2.89 bits per heavy atom. The van der Waals surface area contributed by atoms with Crippen molar-refractivity contribution >= 4 is 17.7 Å². The van der Waals surface area contributed by atoms with Gasteiger partial charge < -0.3 is 9.64 Å². The molecule has 0 saturated carbocycles. The van der Waals surface area contributed by atoms with Crippen LogP contribution in [0.3, 0.4) is 0 Å². The molecule has 3 aromatic rings. The topological polar surface area (TPSA) is 73.1 Å². The first-order valence-corrected chi connectivity index (χ1v) is 9.63. The monoisotopic (exact) mass is 381 g/mol. The first-order valence-electron chi connectivity index (χ1n) is 8.65. The van der Waals surface area contributed by atoms with Crippen molar-refractivity contribution in [3.8, 4) is 11.4 Å². The van der Waals surface area contributed by atoms with E-state index in [1.807, 2.05) is 41.3 Å². The first-order chi connectivity index (χ1) is 13.2. The molecule has 1 amide bonds. The summed E-state index contributed by atoms with van der Waals surface area (Å²) >= 11 is 1.34. The molecule has 0 fully saturated rings. The molecule has 7 nitrogen and oxygen atoms in total. The Bertz CT molecular complexity index is 959. The third kappa shape index (κ3) is 3.80. The van der Waals surface area contributed by atoms with Crippen LogP contribution in [0.15, 0.2) is 53.7 Å². The van der Waals surface area contributed by atoms with E-state index in [0.717, 1.165) is 24.4 Å². The fraction of sp³-hybridized carbons (Fsp3) is 0.263. The van der Waals surface area contributed by atoms with Gasteiger partial charge in [0.2, 0.25) is 11.1 Å². The number of rotatable bonds is 5. The number of carbonyl (C=O) groups excluding carboxylic acids is 1. The number of tetrazole rings is 1. The molecule has 4 rings (SSSR count). The summed E-state index contributed by atoms with van der Waals surface area (Å²) in [4.78, 5) is 14.6. The van der Waals surface area contributed by atoms with Gasteiger partial charge in [-0.1, -0.05) is 42.1 Å². The van der Waals surface area contributed by atoms with Crippen LogP contribution < -0.4 is 4.74 Å². The summed E-state index contributed by atoms with van der Waals surface area (Å²) in [6.45, 7) is 1.41. The Balaban J connectivity index is 1.43. The van der Waals surface area contributed by atoms with E-state index in [1.54, 1.807) is 11.8 Å². The fourth-order valence-corrected chi connectivity index (χ4v) is 3.89. The number of hydrogen-bond donors (Lipinski definition) is 0. The maximum atomic E-state index is 12.7. The largest absolute Gasteiger partial charge is 0.497 e. The zero-order chi connectivity index (χ0) is 18.6. The summed E-state index contributed by atoms with van der Waals surface area (Å²) in [7, 11) is 1.61. The average molecular weight is 381 g/mol. The van der Waals surface area contributed by atoms with Crippen molar-refractivity contribution in [1.82, 2.24) is 25.1 Å². The molecule has 8 heteroatoms. The van der Waals surface area contributed by atoms with E-state index in [-0.39, 0.29) is 5.91 Å². The summed E-state index contributed by atoms with van der Waals surface area (Å²) in [5.41, 5.74) is 3.35. The van der Waals surface area contributed by atoms with E-state index in [0.29, 0.717) is 17.5 Å². The first kappa shape index (κ1) is 17.5. The third-order valence-electron chi connectivity index (χ3n) is 4.55. The van der Waals surface area contributed by atoms with Gasteiger partial charge in [-0.2, -0.15) is 4.68 Å². The lowest BCUT2D eigenvalue weighted by Gasteiger charge is -2.28. The van der Waals surface area contributed by atoms with Crippen LogP contribution in [-0.4, -0.2) is 50.4 Å². The number of thioether (sulfide) groups is 1. The van der Waals surface area contributed by atoms with Crippen molar-refractivity contribution in [1.29, 1.82) is 0 Å². The zero-order valence-corrected chi connectivity index (χ0v) is 15.7. The van der Waals surface area contributed by atoms with Gasteiger partial charge >= 0.3 is 0 Å². The fourth-order valence-electron chi connectivity index (χ4n) is 3.10. The minimum absolute atomic E-state index is 0.0923. The zero-order valence-electron chi connectivity index (χ0n) is 14.9. The Labute approximate surface area is 161 Å². The van der Waals surface area contributed by atoms with Crippen LogP contribution in [-0.2, 0) is 17.8 Å². The molecule has 0 radical (unpaired) electrons. The van der Waals surface area contributed by atoms with Gasteiger partial charge in [-0.05, 0) is 40.1 Å². The number of hydrogen-bond acceptors (Lipinski definition) is 6. The van der Waals surface area contributed by atoms with Gasteiger partial charge in [0, 0.05) is 19.2 Å². The van der Waals surface area contributed by atoms with Crippen LogP contribution in [0.5, 0.6) is 5.75 Å². The summed E-state index contributed by atoms with van der Waals surface area (Å²) in [5, 5.41) is 12.4. The van der Waals surface area contributed by atoms with Crippen LogP contribution in [0.4, 0.5) is 0 Å². The third-order valence-corrected chi connectivity index (χ3v) is 5.45. The van der Waals surface area contributed by atoms with E-state index in [1.165, 1.54) is 22.9 Å². The number of nitrogens with zero attached hydrogens (tertiary/aromatic N) is 5. The van der Waals surface area contributed by atoms with Crippen molar-refractivity contribution in [3.05, 3.63) is 59.7 Å². The molecule has 0 spiro atoms. The second-order valence-electron chi connectivity index (χ2n) is 6.20. The van der Waals surface area contributed by atoms with E-state index in [2.05, 4.69) is 27.7 Å². The SMILES string of the molecule is COc1cccc(-n2nnnc2SCC(=O)N2CCc3ccccc3C2)c1. The molecule has 1 aliphatic heterocycles. The summed E-state index contributed by atoms with van der Waals surface area (Å²) < 4.78 is 6.87. The van der Waals surface area contributed by atoms with Crippen molar-refractivity contribution in [2.45, 2.75) is 18.1 Å². The molecule has 1 aromatic heterocycles. The van der Waals surface area contributed by atoms with Crippen LogP contribution in [0.1, 0.15) is 11.1 Å². The number of benzene rings is 2. The van der Waals surface area contributed by atoms with Crippen molar-refractivity contribution < 1.29 is 9.53 Å². The summed E-state index contributed by atoms with van der Waals surface area (Å²) in [5.74, 6) is 1.11. The smallest absolute Gasteiger partial charge is 0.233 e. The van der Waals surface area contributed by atoms with Crippen molar-refractivity contribution in [2.24, 2.45) is 0 Å². The lowest BCUT2D eigenvalue weighted by Crippen LogP contribution is -2.37. The van der Waals surface area contributed by atoms with Gasteiger partial charge in [-0.25, -0.2) is 0 Å². The standard InChI is InChI=1S/C19H19N5O2S/c1-26-17-8-4-7-16(11-17)24-19(20-21-22-24)27-13-18(25)23-10-9-14-5-2-3-6-15(14)12-23/h2-8,11H,9-10,12-13H2,1H3. The summed E-state index contributed by atoms with van der Waals surface area (Å²) in [6, 6.07) is 15.8. The molecular weight excluding hydrogens is 362 g/mol. The molecule has 0 bridgehead atoms. The quantitative estimate of drug-likeness (QED) is 0.632. The average Bonchev–Trinajstić information content (AvgIpc) is 3.20. The number of amides is 1. The highest BCUT2D eigenvalue weighted by molar-refractivity contribution is 7.99. The molecular formula is C19H19N5O2S. The van der Waals surface area contributed by atoms with Crippen molar-refractivity contribution in [3.63, 3.8) is 0 Å². The number of ether oxygens (including phenoxy) is 1. The molecule has 2 aromatic carbocycles. The van der Waals surface area contributed by atoms with Gasteiger partial charge in [0.05, 0.1) is 18.6 Å². The molecule has 2 heterocycles. The number of aromatic nitrogens is 4. The molecule has 0 saturated heterocycles. The normalized spacial score (nSPS) is 13.3. The second-order valence-corrected chi connectivity index (χ2v) is 7.14. The predicted molar refractivity (Wildman–Crippen MR) is 102 cm³/mol. The molecule has 0 N–H and O–H groups in total. The van der Waals surface area contributed by atoms with Crippen LogP contribution in [0.25, 0.3) is 5.69 Å². The Kier molecular flexibility index (Phi) is 5.06. The summed E-state index contributed by atoms with van der Waals surface area (Å²) in [6.07, 6.45) is 0.897. The molecule has 0 atom stereocenters. The Hall–Kier alpha value is -2.87. The molecule has 0 aliphatic carbocycles. The molecule has 1 aliphatic rings. The Morgan fingerprint density at radius 1 is 1.19 bits per heavy atom. The maximum Gasteiger partial charge on any atom is 0.233 e. The van der Waals surface area contributed by atoms with E-state index < -0.39 is 0 Å². The minimum Gasteiger partial charge on any atom is -0.497 e. The van der Waals surface area contributed by atoms with E-state index >= 15 is 0 Å². The van der Waals surface area contributed by atoms with Gasteiger partial charge in [-0.15, -0.1) is 5.10 Å². The predicted octanol–water partition coefficient (Wildman–Crippen LogP) is 2.35. The van der Waals surface area contributed by atoms with Crippen LogP contribution in [0, 0.1) is 0 Å². The van der Waals surface area contributed by atoms with E-state index in [9.17, 15) is 4.79 Å². The molecule has 27 heavy (non-hydrogen) atoms. The Morgan fingerprint density at radius 2 is 2.04 bits per heavy atom. The second kappa shape index (κ2) is 7.79. The van der Waals surface area contributed by atoms with Gasteiger partial charge in [0.25, 0.3) is 0 Å². The lowest BCUT2D eigenvalue weighted by atomic mass is 10.00. The number of carbonyl (C=O) groups is 1. The minimum atomic E-state index is 0.0923. The lowest BCUT2D eigenvalue weighted by molar-refractivity contribution is -0.129. The maximum absolute atomic E-state index is 12.7. The van der Waals surface area contributed by atoms with Crippen LogP contribution in [0.2, 0.25) is 0 Å². The van der Waals surface area contributed by atoms with Crippen LogP contribution >= 0.6 is 11.8 Å². The van der Waals surface area contributed by atoms with Gasteiger partial charge in [-0.3, -0.25) is 4.79 Å². The van der Waals surface area contributed by atoms with Gasteiger partial charge in [0.1, 0.15) is 5.75 Å². The number of methoxy groups -OCH3 is 1.